The first-order valence-electron chi connectivity index (χ1n) is 9.76. The van der Waals surface area contributed by atoms with Crippen molar-refractivity contribution in [2.24, 2.45) is 0 Å². The lowest BCUT2D eigenvalue weighted by Crippen LogP contribution is -2.04. The number of hydrogen-bond acceptors (Lipinski definition) is 4. The molecule has 6 heteroatoms. The van der Waals surface area contributed by atoms with E-state index in [-0.39, 0.29) is 0 Å². The van der Waals surface area contributed by atoms with Gasteiger partial charge in [0.05, 0.1) is 24.8 Å². The molecule has 2 aromatic carbocycles. The highest BCUT2D eigenvalue weighted by Crippen LogP contribution is 2.25. The quantitative estimate of drug-likeness (QED) is 0.436. The van der Waals surface area contributed by atoms with Crippen molar-refractivity contribution >= 4 is 11.6 Å². The molecule has 0 fully saturated rings. The molecule has 5 nitrogen and oxygen atoms in total. The van der Waals surface area contributed by atoms with Crippen molar-refractivity contribution in [2.45, 2.75) is 26.7 Å². The molecule has 0 spiro atoms. The summed E-state index contributed by atoms with van der Waals surface area (Å²) in [6, 6.07) is 16.1. The second-order valence-electron chi connectivity index (χ2n) is 7.33. The van der Waals surface area contributed by atoms with Crippen molar-refractivity contribution in [3.8, 4) is 11.4 Å². The first-order chi connectivity index (χ1) is 14.5. The van der Waals surface area contributed by atoms with E-state index in [1.54, 1.807) is 13.4 Å². The highest BCUT2D eigenvalue weighted by molar-refractivity contribution is 6.30. The summed E-state index contributed by atoms with van der Waals surface area (Å²) in [5, 5.41) is 0.738. The van der Waals surface area contributed by atoms with E-state index < -0.39 is 0 Å². The molecule has 0 aliphatic rings. The third-order valence-corrected chi connectivity index (χ3v) is 5.10. The van der Waals surface area contributed by atoms with E-state index in [4.69, 9.17) is 21.3 Å². The average Bonchev–Trinajstić information content (AvgIpc) is 3.15. The summed E-state index contributed by atoms with van der Waals surface area (Å²) in [5.74, 6) is 1.59. The minimum absolute atomic E-state index is 0.634. The van der Waals surface area contributed by atoms with Crippen LogP contribution in [-0.2, 0) is 12.8 Å². The molecule has 0 unspecified atom stereocenters. The van der Waals surface area contributed by atoms with Gasteiger partial charge >= 0.3 is 0 Å². The highest BCUT2D eigenvalue weighted by atomic mass is 35.5. The van der Waals surface area contributed by atoms with Crippen LogP contribution >= 0.6 is 11.6 Å². The number of rotatable bonds is 6. The molecule has 0 N–H and O–H groups in total. The van der Waals surface area contributed by atoms with Crippen molar-refractivity contribution in [1.82, 2.24) is 19.5 Å². The van der Waals surface area contributed by atoms with Crippen LogP contribution in [0.25, 0.3) is 5.69 Å². The Balaban J connectivity index is 1.57. The van der Waals surface area contributed by atoms with Crippen molar-refractivity contribution in [2.75, 3.05) is 7.11 Å². The molecule has 0 radical (unpaired) electrons. The van der Waals surface area contributed by atoms with Gasteiger partial charge in [0.1, 0.15) is 11.6 Å². The number of nitrogens with zero attached hydrogens (tertiary/aromatic N) is 4. The van der Waals surface area contributed by atoms with E-state index in [0.29, 0.717) is 6.42 Å². The van der Waals surface area contributed by atoms with Gasteiger partial charge in [-0.3, -0.25) is 0 Å². The topological polar surface area (TPSA) is 52.8 Å². The molecule has 30 heavy (non-hydrogen) atoms. The first-order valence-corrected chi connectivity index (χ1v) is 10.1. The van der Waals surface area contributed by atoms with E-state index in [1.165, 1.54) is 5.56 Å². The van der Waals surface area contributed by atoms with Crippen molar-refractivity contribution < 1.29 is 4.74 Å². The van der Waals surface area contributed by atoms with Gasteiger partial charge in [-0.1, -0.05) is 29.8 Å². The number of halogens is 1. The minimum atomic E-state index is 0.634. The maximum Gasteiger partial charge on any atom is 0.143 e. The van der Waals surface area contributed by atoms with Crippen LogP contribution in [0.4, 0.5) is 0 Å². The second kappa shape index (κ2) is 8.67. The van der Waals surface area contributed by atoms with Crippen LogP contribution in [0.2, 0.25) is 5.02 Å². The summed E-state index contributed by atoms with van der Waals surface area (Å²) in [6.45, 7) is 3.97. The normalized spacial score (nSPS) is 10.9. The second-order valence-corrected chi connectivity index (χ2v) is 7.76. The Bertz CT molecular complexity index is 1170. The molecule has 2 heterocycles. The molecule has 0 bridgehead atoms. The van der Waals surface area contributed by atoms with E-state index in [2.05, 4.69) is 16.0 Å². The Morgan fingerprint density at radius 1 is 0.900 bits per heavy atom. The molecular formula is C24H23ClN4O. The molecule has 0 saturated heterocycles. The fourth-order valence-corrected chi connectivity index (χ4v) is 3.59. The minimum Gasteiger partial charge on any atom is -0.495 e. The average molecular weight is 419 g/mol. The smallest absolute Gasteiger partial charge is 0.143 e. The predicted octanol–water partition coefficient (Wildman–Crippen LogP) is 5.12. The van der Waals surface area contributed by atoms with Crippen molar-refractivity contribution in [3.63, 3.8) is 0 Å². The third-order valence-electron chi connectivity index (χ3n) is 4.85. The molecule has 152 valence electrons. The van der Waals surface area contributed by atoms with Gasteiger partial charge in [-0.15, -0.1) is 0 Å². The summed E-state index contributed by atoms with van der Waals surface area (Å²) < 4.78 is 7.59. The van der Waals surface area contributed by atoms with E-state index in [1.807, 2.05) is 67.1 Å². The predicted molar refractivity (Wildman–Crippen MR) is 119 cm³/mol. The van der Waals surface area contributed by atoms with Crippen LogP contribution in [0.5, 0.6) is 5.75 Å². The van der Waals surface area contributed by atoms with Crippen LogP contribution < -0.4 is 4.74 Å². The van der Waals surface area contributed by atoms with Crippen LogP contribution in [0.1, 0.15) is 34.0 Å². The molecule has 2 aromatic heterocycles. The lowest BCUT2D eigenvalue weighted by Gasteiger charge is -2.12. The van der Waals surface area contributed by atoms with Crippen molar-refractivity contribution in [1.29, 1.82) is 0 Å². The fraction of sp³-hybridized carbons (Fsp3) is 0.208. The molecule has 0 aliphatic carbocycles. The SMILES string of the molecule is COc1cc(Cc2nc(C)cc(Cc3ccc(Cl)cc3)n2)ccc1-n1cnc(C)c1. The van der Waals surface area contributed by atoms with E-state index >= 15 is 0 Å². The molecule has 4 rings (SSSR count). The number of aromatic nitrogens is 4. The van der Waals surface area contributed by atoms with Gasteiger partial charge in [-0.25, -0.2) is 15.0 Å². The Morgan fingerprint density at radius 3 is 2.37 bits per heavy atom. The zero-order valence-electron chi connectivity index (χ0n) is 17.3. The fourth-order valence-electron chi connectivity index (χ4n) is 3.46. The molecule has 0 saturated carbocycles. The summed E-state index contributed by atoms with van der Waals surface area (Å²) in [6.07, 6.45) is 5.15. The Hall–Kier alpha value is -3.18. The standard InChI is InChI=1S/C24H23ClN4O/c1-16-10-21(11-18-4-7-20(25)8-5-18)28-24(27-16)13-19-6-9-22(23(12-19)30-3)29-14-17(2)26-15-29/h4-10,12,14-15H,11,13H2,1-3H3. The summed E-state index contributed by atoms with van der Waals surface area (Å²) in [5.41, 5.74) is 6.14. The number of aryl methyl sites for hydroxylation is 2. The maximum atomic E-state index is 5.99. The van der Waals surface area contributed by atoms with Crippen molar-refractivity contribution in [3.05, 3.63) is 100 Å². The Labute approximate surface area is 181 Å². The van der Waals surface area contributed by atoms with Gasteiger partial charge in [0.15, 0.2) is 0 Å². The molecule has 4 aromatic rings. The third kappa shape index (κ3) is 4.69. The summed E-state index contributed by atoms with van der Waals surface area (Å²) in [7, 11) is 1.68. The monoisotopic (exact) mass is 418 g/mol. The Kier molecular flexibility index (Phi) is 5.81. The molecule has 0 amide bonds. The first kappa shape index (κ1) is 20.1. The summed E-state index contributed by atoms with van der Waals surface area (Å²) >= 11 is 5.99. The van der Waals surface area contributed by atoms with Crippen LogP contribution in [0, 0.1) is 13.8 Å². The van der Waals surface area contributed by atoms with Crippen LogP contribution in [0.3, 0.4) is 0 Å². The van der Waals surface area contributed by atoms with Gasteiger partial charge in [0.2, 0.25) is 0 Å². The highest BCUT2D eigenvalue weighted by Gasteiger charge is 2.10. The maximum absolute atomic E-state index is 5.99. The zero-order valence-corrected chi connectivity index (χ0v) is 18.0. The number of methoxy groups -OCH3 is 1. The number of hydrogen-bond donors (Lipinski definition) is 0. The Morgan fingerprint density at radius 2 is 1.67 bits per heavy atom. The lowest BCUT2D eigenvalue weighted by atomic mass is 10.1. The molecular weight excluding hydrogens is 396 g/mol. The van der Waals surface area contributed by atoms with Gasteiger partial charge in [0.25, 0.3) is 0 Å². The van der Waals surface area contributed by atoms with Gasteiger partial charge in [0, 0.05) is 35.4 Å². The summed E-state index contributed by atoms with van der Waals surface area (Å²) in [4.78, 5) is 13.7. The van der Waals surface area contributed by atoms with E-state index in [0.717, 1.165) is 51.3 Å². The van der Waals surface area contributed by atoms with Crippen LogP contribution in [-0.4, -0.2) is 26.6 Å². The van der Waals surface area contributed by atoms with E-state index in [9.17, 15) is 0 Å². The zero-order chi connectivity index (χ0) is 21.1. The van der Waals surface area contributed by atoms with Gasteiger partial charge in [-0.2, -0.15) is 0 Å². The number of imidazole rings is 1. The molecule has 0 atom stereocenters. The largest absolute Gasteiger partial charge is 0.495 e. The number of ether oxygens (including phenoxy) is 1. The van der Waals surface area contributed by atoms with Gasteiger partial charge < -0.3 is 9.30 Å². The molecule has 0 aliphatic heterocycles. The van der Waals surface area contributed by atoms with Gasteiger partial charge in [-0.05, 0) is 55.3 Å². The lowest BCUT2D eigenvalue weighted by molar-refractivity contribution is 0.412. The number of benzene rings is 2. The van der Waals surface area contributed by atoms with Crippen LogP contribution in [0.15, 0.2) is 61.1 Å².